The molecule has 0 saturated carbocycles. The van der Waals surface area contributed by atoms with Crippen molar-refractivity contribution >= 4 is 34.9 Å². The first-order chi connectivity index (χ1) is 12.5. The van der Waals surface area contributed by atoms with Gasteiger partial charge in [0.25, 0.3) is 0 Å². The fourth-order valence-corrected chi connectivity index (χ4v) is 2.72. The number of aromatic carboxylic acids is 1. The maximum Gasteiger partial charge on any atom is 0.337 e. The van der Waals surface area contributed by atoms with E-state index in [1.165, 1.54) is 6.07 Å². The Kier molecular flexibility index (Phi) is 5.66. The monoisotopic (exact) mass is 387 g/mol. The summed E-state index contributed by atoms with van der Waals surface area (Å²) in [6.07, 6.45) is 0. The second-order valence-electron chi connectivity index (χ2n) is 5.53. The lowest BCUT2D eigenvalue weighted by Gasteiger charge is -2.11. The Morgan fingerprint density at radius 1 is 1.00 bits per heavy atom. The van der Waals surface area contributed by atoms with Crippen LogP contribution in [0, 0.1) is 0 Å². The zero-order valence-corrected chi connectivity index (χ0v) is 15.1. The average Bonchev–Trinajstić information content (AvgIpc) is 2.63. The molecule has 0 fully saturated rings. The van der Waals surface area contributed by atoms with Gasteiger partial charge in [-0.05, 0) is 48.0 Å². The summed E-state index contributed by atoms with van der Waals surface area (Å²) in [4.78, 5) is 11.3. The van der Waals surface area contributed by atoms with Crippen LogP contribution in [0.5, 0.6) is 11.5 Å². The summed E-state index contributed by atoms with van der Waals surface area (Å²) in [6, 6.07) is 19.4. The molecule has 0 aliphatic carbocycles. The minimum atomic E-state index is -1.03. The zero-order valence-electron chi connectivity index (χ0n) is 13.6. The van der Waals surface area contributed by atoms with Crippen molar-refractivity contribution in [3.63, 3.8) is 0 Å². The van der Waals surface area contributed by atoms with Crippen molar-refractivity contribution in [1.82, 2.24) is 0 Å². The second kappa shape index (κ2) is 8.13. The number of ether oxygens (including phenoxy) is 1. The fourth-order valence-electron chi connectivity index (χ4n) is 2.37. The van der Waals surface area contributed by atoms with Crippen LogP contribution in [0.15, 0.2) is 66.7 Å². The third-order valence-corrected chi connectivity index (χ3v) is 4.23. The molecule has 3 rings (SSSR count). The number of halogens is 2. The smallest absolute Gasteiger partial charge is 0.337 e. The van der Waals surface area contributed by atoms with Gasteiger partial charge in [-0.1, -0.05) is 47.5 Å². The van der Waals surface area contributed by atoms with Crippen LogP contribution < -0.4 is 10.1 Å². The molecule has 3 aromatic rings. The number of hydrogen-bond donors (Lipinski definition) is 2. The van der Waals surface area contributed by atoms with Gasteiger partial charge in [-0.3, -0.25) is 0 Å². The van der Waals surface area contributed by atoms with E-state index in [0.717, 1.165) is 5.56 Å². The van der Waals surface area contributed by atoms with E-state index in [0.29, 0.717) is 33.8 Å². The van der Waals surface area contributed by atoms with Crippen LogP contribution in [0.3, 0.4) is 0 Å². The molecule has 0 saturated heterocycles. The van der Waals surface area contributed by atoms with E-state index in [2.05, 4.69) is 5.32 Å². The van der Waals surface area contributed by atoms with E-state index in [-0.39, 0.29) is 5.56 Å². The lowest BCUT2D eigenvalue weighted by atomic mass is 10.1. The summed E-state index contributed by atoms with van der Waals surface area (Å²) < 4.78 is 5.75. The number of nitrogens with one attached hydrogen (secondary N) is 1. The Hall–Kier alpha value is -2.69. The van der Waals surface area contributed by atoms with Crippen LogP contribution in [0.2, 0.25) is 10.0 Å². The Morgan fingerprint density at radius 2 is 1.73 bits per heavy atom. The number of carboxylic acid groups (broad SMARTS) is 1. The van der Waals surface area contributed by atoms with Crippen LogP contribution in [0.1, 0.15) is 15.9 Å². The summed E-state index contributed by atoms with van der Waals surface area (Å²) in [5.74, 6) is 0.227. The fraction of sp³-hybridized carbons (Fsp3) is 0.0500. The highest BCUT2D eigenvalue weighted by atomic mass is 35.5. The van der Waals surface area contributed by atoms with E-state index < -0.39 is 5.97 Å². The number of anilines is 1. The van der Waals surface area contributed by atoms with Crippen molar-refractivity contribution in [2.75, 3.05) is 5.32 Å². The largest absolute Gasteiger partial charge is 0.478 e. The van der Waals surface area contributed by atoms with Gasteiger partial charge in [-0.25, -0.2) is 4.79 Å². The van der Waals surface area contributed by atoms with Gasteiger partial charge >= 0.3 is 5.97 Å². The molecule has 0 atom stereocenters. The highest BCUT2D eigenvalue weighted by Crippen LogP contribution is 2.29. The van der Waals surface area contributed by atoms with E-state index in [1.807, 2.05) is 36.4 Å². The van der Waals surface area contributed by atoms with Gasteiger partial charge in [0, 0.05) is 17.3 Å². The average molecular weight is 388 g/mol. The quantitative estimate of drug-likeness (QED) is 0.536. The first-order valence-corrected chi connectivity index (χ1v) is 8.56. The van der Waals surface area contributed by atoms with Gasteiger partial charge < -0.3 is 15.2 Å². The van der Waals surface area contributed by atoms with E-state index in [9.17, 15) is 9.90 Å². The minimum Gasteiger partial charge on any atom is -0.478 e. The number of hydrogen-bond acceptors (Lipinski definition) is 3. The first kappa shape index (κ1) is 18.1. The predicted molar refractivity (Wildman–Crippen MR) is 104 cm³/mol. The number of para-hydroxylation sites is 1. The summed E-state index contributed by atoms with van der Waals surface area (Å²) >= 11 is 11.9. The zero-order chi connectivity index (χ0) is 18.5. The van der Waals surface area contributed by atoms with Crippen LogP contribution in [0.4, 0.5) is 5.69 Å². The second-order valence-corrected chi connectivity index (χ2v) is 6.37. The third-order valence-electron chi connectivity index (χ3n) is 3.68. The summed E-state index contributed by atoms with van der Waals surface area (Å²) in [6.45, 7) is 0.467. The lowest BCUT2D eigenvalue weighted by molar-refractivity contribution is 0.0698. The Balaban J connectivity index is 1.67. The number of rotatable bonds is 6. The molecule has 0 amide bonds. The molecule has 0 aromatic heterocycles. The molecule has 0 unspecified atom stereocenters. The van der Waals surface area contributed by atoms with Gasteiger partial charge in [0.1, 0.15) is 11.5 Å². The van der Waals surface area contributed by atoms with Gasteiger partial charge in [-0.2, -0.15) is 0 Å². The van der Waals surface area contributed by atoms with Crippen molar-refractivity contribution in [3.05, 3.63) is 87.9 Å². The SMILES string of the molecule is O=C(O)c1cc(Cl)ccc1NCc1ccc(Oc2ccccc2Cl)cc1. The molecule has 0 spiro atoms. The third kappa shape index (κ3) is 4.48. The van der Waals surface area contributed by atoms with Crippen LogP contribution in [-0.2, 0) is 6.54 Å². The molecule has 0 aliphatic rings. The maximum atomic E-state index is 11.3. The minimum absolute atomic E-state index is 0.135. The van der Waals surface area contributed by atoms with E-state index in [4.69, 9.17) is 27.9 Å². The van der Waals surface area contributed by atoms with Gasteiger partial charge in [0.05, 0.1) is 10.6 Å². The molecule has 0 radical (unpaired) electrons. The number of carbonyl (C=O) groups is 1. The molecule has 3 aromatic carbocycles. The summed E-state index contributed by atoms with van der Waals surface area (Å²) in [5, 5.41) is 13.3. The van der Waals surface area contributed by atoms with Crippen LogP contribution in [0.25, 0.3) is 0 Å². The molecule has 26 heavy (non-hydrogen) atoms. The molecule has 0 heterocycles. The maximum absolute atomic E-state index is 11.3. The highest BCUT2D eigenvalue weighted by Gasteiger charge is 2.10. The van der Waals surface area contributed by atoms with E-state index in [1.54, 1.807) is 24.3 Å². The molecule has 4 nitrogen and oxygen atoms in total. The van der Waals surface area contributed by atoms with Crippen molar-refractivity contribution in [1.29, 1.82) is 0 Å². The summed E-state index contributed by atoms with van der Waals surface area (Å²) in [5.41, 5.74) is 1.62. The van der Waals surface area contributed by atoms with Crippen LogP contribution in [-0.4, -0.2) is 11.1 Å². The predicted octanol–water partition coefficient (Wildman–Crippen LogP) is 6.10. The van der Waals surface area contributed by atoms with Crippen molar-refractivity contribution in [3.8, 4) is 11.5 Å². The standard InChI is InChI=1S/C20H15Cl2NO3/c21-14-7-10-18(16(11-14)20(24)25)23-12-13-5-8-15(9-6-13)26-19-4-2-1-3-17(19)22/h1-11,23H,12H2,(H,24,25). The van der Waals surface area contributed by atoms with Crippen molar-refractivity contribution in [2.45, 2.75) is 6.54 Å². The Morgan fingerprint density at radius 3 is 2.42 bits per heavy atom. The molecular weight excluding hydrogens is 373 g/mol. The lowest BCUT2D eigenvalue weighted by Crippen LogP contribution is -2.06. The highest BCUT2D eigenvalue weighted by molar-refractivity contribution is 6.32. The topological polar surface area (TPSA) is 58.6 Å². The Bertz CT molecular complexity index is 927. The first-order valence-electron chi connectivity index (χ1n) is 7.81. The van der Waals surface area contributed by atoms with Crippen molar-refractivity contribution in [2.24, 2.45) is 0 Å². The molecular formula is C20H15Cl2NO3. The molecule has 6 heteroatoms. The van der Waals surface area contributed by atoms with Gasteiger partial charge in [-0.15, -0.1) is 0 Å². The number of carboxylic acids is 1. The van der Waals surface area contributed by atoms with Gasteiger partial charge in [0.2, 0.25) is 0 Å². The molecule has 132 valence electrons. The summed E-state index contributed by atoms with van der Waals surface area (Å²) in [7, 11) is 0. The Labute approximate surface area is 161 Å². The number of benzene rings is 3. The van der Waals surface area contributed by atoms with Crippen LogP contribution >= 0.6 is 23.2 Å². The molecule has 0 aliphatic heterocycles. The van der Waals surface area contributed by atoms with E-state index >= 15 is 0 Å². The normalized spacial score (nSPS) is 10.4. The van der Waals surface area contributed by atoms with Gasteiger partial charge in [0.15, 0.2) is 0 Å². The van der Waals surface area contributed by atoms with Crippen molar-refractivity contribution < 1.29 is 14.6 Å². The molecule has 2 N–H and O–H groups in total. The molecule has 0 bridgehead atoms.